The molecule has 0 bridgehead atoms. The highest BCUT2D eigenvalue weighted by molar-refractivity contribution is 6.02. The van der Waals surface area contributed by atoms with Crippen LogP contribution >= 0.6 is 0 Å². The van der Waals surface area contributed by atoms with Gasteiger partial charge in [-0.3, -0.25) is 19.6 Å². The summed E-state index contributed by atoms with van der Waals surface area (Å²) in [5.41, 5.74) is 7.62. The number of aromatic nitrogens is 2. The normalized spacial score (nSPS) is 22.5. The summed E-state index contributed by atoms with van der Waals surface area (Å²) in [5.74, 6) is 0.299. The van der Waals surface area contributed by atoms with Crippen molar-refractivity contribution in [3.05, 3.63) is 71.8 Å². The van der Waals surface area contributed by atoms with Gasteiger partial charge in [0.05, 0.1) is 11.3 Å². The smallest absolute Gasteiger partial charge is 0.250 e. The van der Waals surface area contributed by atoms with Gasteiger partial charge in [-0.2, -0.15) is 0 Å². The summed E-state index contributed by atoms with van der Waals surface area (Å²) < 4.78 is 6.10. The molecule has 7 nitrogen and oxygen atoms in total. The van der Waals surface area contributed by atoms with Crippen LogP contribution in [0, 0.1) is 0 Å². The maximum atomic E-state index is 13.6. The molecule has 198 valence electrons. The molecule has 1 aliphatic carbocycles. The molecule has 7 rings (SSSR count). The van der Waals surface area contributed by atoms with Crippen molar-refractivity contribution in [1.82, 2.24) is 14.9 Å². The van der Waals surface area contributed by atoms with Crippen molar-refractivity contribution in [3.8, 4) is 22.3 Å². The molecule has 1 unspecified atom stereocenters. The van der Waals surface area contributed by atoms with E-state index in [0.717, 1.165) is 96.6 Å². The van der Waals surface area contributed by atoms with Crippen LogP contribution in [0.3, 0.4) is 0 Å². The molecule has 39 heavy (non-hydrogen) atoms. The first kappa shape index (κ1) is 24.2. The van der Waals surface area contributed by atoms with Crippen LogP contribution in [0.4, 0.5) is 5.69 Å². The number of piperidine rings is 1. The SMILES string of the molecule is O=C(C1=Cc2c(-c3cncc(-c4ccc(N5CCCC5=O)cc4)c3)ccnc2C1)N1CCCC2(CCCO2)C1. The van der Waals surface area contributed by atoms with Crippen molar-refractivity contribution in [2.24, 2.45) is 0 Å². The van der Waals surface area contributed by atoms with Gasteiger partial charge in [-0.1, -0.05) is 12.1 Å². The number of fused-ring (bicyclic) bond motifs is 1. The van der Waals surface area contributed by atoms with Crippen LogP contribution in [0.15, 0.2) is 60.6 Å². The van der Waals surface area contributed by atoms with E-state index in [1.807, 2.05) is 52.7 Å². The van der Waals surface area contributed by atoms with Crippen LogP contribution in [0.25, 0.3) is 28.3 Å². The zero-order valence-electron chi connectivity index (χ0n) is 22.1. The Morgan fingerprint density at radius 1 is 0.949 bits per heavy atom. The predicted molar refractivity (Wildman–Crippen MR) is 150 cm³/mol. The second kappa shape index (κ2) is 9.72. The zero-order chi connectivity index (χ0) is 26.4. The van der Waals surface area contributed by atoms with Gasteiger partial charge in [0.15, 0.2) is 0 Å². The summed E-state index contributed by atoms with van der Waals surface area (Å²) >= 11 is 0. The van der Waals surface area contributed by atoms with Crippen molar-refractivity contribution < 1.29 is 14.3 Å². The summed E-state index contributed by atoms with van der Waals surface area (Å²) in [4.78, 5) is 38.7. The average Bonchev–Trinajstić information content (AvgIpc) is 3.73. The molecular weight excluding hydrogens is 488 g/mol. The lowest BCUT2D eigenvalue weighted by molar-refractivity contribution is -0.135. The highest BCUT2D eigenvalue weighted by atomic mass is 16.5. The van der Waals surface area contributed by atoms with Crippen molar-refractivity contribution in [2.75, 3.05) is 31.1 Å². The van der Waals surface area contributed by atoms with Gasteiger partial charge in [-0.05, 0) is 73.6 Å². The highest BCUT2D eigenvalue weighted by Gasteiger charge is 2.41. The fourth-order valence-corrected chi connectivity index (χ4v) is 6.66. The second-order valence-corrected chi connectivity index (χ2v) is 11.2. The molecule has 0 radical (unpaired) electrons. The van der Waals surface area contributed by atoms with Crippen LogP contribution in [0.5, 0.6) is 0 Å². The quantitative estimate of drug-likeness (QED) is 0.481. The number of pyridine rings is 2. The van der Waals surface area contributed by atoms with Gasteiger partial charge in [0.1, 0.15) is 0 Å². The first-order chi connectivity index (χ1) is 19.1. The van der Waals surface area contributed by atoms with E-state index in [0.29, 0.717) is 19.4 Å². The minimum Gasteiger partial charge on any atom is -0.373 e. The number of rotatable bonds is 4. The predicted octanol–water partition coefficient (Wildman–Crippen LogP) is 5.05. The van der Waals surface area contributed by atoms with E-state index in [1.165, 1.54) is 0 Å². The topological polar surface area (TPSA) is 75.6 Å². The molecule has 4 aliphatic rings. The van der Waals surface area contributed by atoms with Gasteiger partial charge < -0.3 is 14.5 Å². The number of carbonyl (C=O) groups is 2. The number of amides is 2. The second-order valence-electron chi connectivity index (χ2n) is 11.2. The fraction of sp³-hybridized carbons (Fsp3) is 0.375. The minimum atomic E-state index is -0.141. The van der Waals surface area contributed by atoms with Crippen molar-refractivity contribution in [1.29, 1.82) is 0 Å². The van der Waals surface area contributed by atoms with E-state index < -0.39 is 0 Å². The summed E-state index contributed by atoms with van der Waals surface area (Å²) in [6, 6.07) is 12.3. The minimum absolute atomic E-state index is 0.108. The van der Waals surface area contributed by atoms with Crippen LogP contribution in [0.2, 0.25) is 0 Å². The lowest BCUT2D eigenvalue weighted by atomic mass is 9.89. The molecule has 3 fully saturated rings. The number of carbonyl (C=O) groups excluding carboxylic acids is 2. The molecule has 2 aromatic heterocycles. The third-order valence-electron chi connectivity index (χ3n) is 8.67. The number of hydrogen-bond donors (Lipinski definition) is 0. The Hall–Kier alpha value is -3.84. The number of benzene rings is 1. The van der Waals surface area contributed by atoms with Gasteiger partial charge in [-0.15, -0.1) is 0 Å². The zero-order valence-corrected chi connectivity index (χ0v) is 22.1. The average molecular weight is 521 g/mol. The Labute approximate surface area is 228 Å². The van der Waals surface area contributed by atoms with E-state index in [1.54, 1.807) is 0 Å². The number of likely N-dealkylation sites (tertiary alicyclic amines) is 1. The van der Waals surface area contributed by atoms with Crippen LogP contribution in [-0.4, -0.2) is 58.5 Å². The lowest BCUT2D eigenvalue weighted by Crippen LogP contribution is -2.50. The standard InChI is InChI=1S/C32H32N4O3/c37-30-4-1-14-36(30)26-7-5-22(6-8-26)24-16-25(20-33-19-24)27-9-12-34-29-18-23(17-28(27)29)31(38)35-13-2-10-32(21-35)11-3-15-39-32/h5-9,12,16-17,19-20H,1-4,10-11,13-15,18,21H2. The fourth-order valence-electron chi connectivity index (χ4n) is 6.66. The third kappa shape index (κ3) is 4.44. The number of anilines is 1. The Morgan fingerprint density at radius 3 is 2.59 bits per heavy atom. The molecule has 1 spiro atoms. The van der Waals surface area contributed by atoms with Gasteiger partial charge >= 0.3 is 0 Å². The van der Waals surface area contributed by atoms with Crippen LogP contribution < -0.4 is 4.90 Å². The van der Waals surface area contributed by atoms with Gasteiger partial charge in [0.2, 0.25) is 11.8 Å². The largest absolute Gasteiger partial charge is 0.373 e. The molecule has 3 saturated heterocycles. The van der Waals surface area contributed by atoms with Gasteiger partial charge in [-0.25, -0.2) is 0 Å². The van der Waals surface area contributed by atoms with E-state index in [4.69, 9.17) is 4.74 Å². The molecule has 0 N–H and O–H groups in total. The molecule has 1 aromatic carbocycles. The first-order valence-electron chi connectivity index (χ1n) is 14.1. The van der Waals surface area contributed by atoms with E-state index in [9.17, 15) is 9.59 Å². The Kier molecular flexibility index (Phi) is 6.04. The molecule has 2 amide bonds. The molecular formula is C32H32N4O3. The van der Waals surface area contributed by atoms with Crippen LogP contribution in [0.1, 0.15) is 49.8 Å². The molecule has 7 heteroatoms. The molecule has 3 aromatic rings. The monoisotopic (exact) mass is 520 g/mol. The summed E-state index contributed by atoms with van der Waals surface area (Å²) in [6.45, 7) is 3.07. The maximum absolute atomic E-state index is 13.6. The van der Waals surface area contributed by atoms with Crippen molar-refractivity contribution in [2.45, 2.75) is 50.5 Å². The molecule has 5 heterocycles. The Balaban J connectivity index is 1.14. The van der Waals surface area contributed by atoms with Crippen LogP contribution in [-0.2, 0) is 20.7 Å². The third-order valence-corrected chi connectivity index (χ3v) is 8.67. The summed E-state index contributed by atoms with van der Waals surface area (Å²) in [6.07, 6.45) is 13.8. The summed E-state index contributed by atoms with van der Waals surface area (Å²) in [7, 11) is 0. The Bertz CT molecular complexity index is 1470. The van der Waals surface area contributed by atoms with Gasteiger partial charge in [0, 0.05) is 85.6 Å². The van der Waals surface area contributed by atoms with E-state index in [2.05, 4.69) is 28.2 Å². The van der Waals surface area contributed by atoms with E-state index >= 15 is 0 Å². The number of hydrogen-bond acceptors (Lipinski definition) is 5. The Morgan fingerprint density at radius 2 is 1.79 bits per heavy atom. The van der Waals surface area contributed by atoms with E-state index in [-0.39, 0.29) is 17.4 Å². The lowest BCUT2D eigenvalue weighted by Gasteiger charge is -2.39. The first-order valence-corrected chi connectivity index (χ1v) is 14.1. The maximum Gasteiger partial charge on any atom is 0.250 e. The van der Waals surface area contributed by atoms with Gasteiger partial charge in [0.25, 0.3) is 0 Å². The highest BCUT2D eigenvalue weighted by Crippen LogP contribution is 2.38. The molecule has 0 saturated carbocycles. The molecule has 3 aliphatic heterocycles. The van der Waals surface area contributed by atoms with Crippen molar-refractivity contribution in [3.63, 3.8) is 0 Å². The summed E-state index contributed by atoms with van der Waals surface area (Å²) in [5, 5.41) is 0. The molecule has 1 atom stereocenters. The van der Waals surface area contributed by atoms with Crippen molar-refractivity contribution >= 4 is 23.6 Å². The number of ether oxygens (including phenoxy) is 1. The number of nitrogens with zero attached hydrogens (tertiary/aromatic N) is 4.